The molecule has 2 heteroatoms. The highest BCUT2D eigenvalue weighted by Gasteiger charge is 2.20. The second kappa shape index (κ2) is 6.44. The molecule has 0 bridgehead atoms. The third-order valence-corrected chi connectivity index (χ3v) is 3.93. The number of benzene rings is 1. The monoisotopic (exact) mass is 242 g/mol. The van der Waals surface area contributed by atoms with Gasteiger partial charge in [0.25, 0.3) is 0 Å². The van der Waals surface area contributed by atoms with Crippen LogP contribution < -0.4 is 5.32 Å². The Morgan fingerprint density at radius 1 is 1.17 bits per heavy atom. The van der Waals surface area contributed by atoms with Crippen LogP contribution in [0.3, 0.4) is 0 Å². The fourth-order valence-corrected chi connectivity index (χ4v) is 2.88. The molecule has 1 fully saturated rings. The van der Waals surface area contributed by atoms with E-state index in [1.165, 1.54) is 38.5 Å². The molecule has 0 aliphatic heterocycles. The lowest BCUT2D eigenvalue weighted by Gasteiger charge is -2.29. The van der Waals surface area contributed by atoms with Crippen molar-refractivity contribution < 1.29 is 0 Å². The van der Waals surface area contributed by atoms with Gasteiger partial charge < -0.3 is 5.32 Å². The minimum atomic E-state index is 0.617. The molecule has 0 unspecified atom stereocenters. The average molecular weight is 242 g/mol. The molecule has 0 amide bonds. The highest BCUT2D eigenvalue weighted by molar-refractivity contribution is 5.47. The molecular formula is C16H22N2. The lowest BCUT2D eigenvalue weighted by atomic mass is 9.83. The van der Waals surface area contributed by atoms with Crippen LogP contribution in [0.15, 0.2) is 24.3 Å². The van der Waals surface area contributed by atoms with Gasteiger partial charge in [0.2, 0.25) is 0 Å². The van der Waals surface area contributed by atoms with Gasteiger partial charge in [-0.3, -0.25) is 0 Å². The second-order valence-corrected chi connectivity index (χ2v) is 5.34. The molecule has 0 atom stereocenters. The van der Waals surface area contributed by atoms with Gasteiger partial charge >= 0.3 is 0 Å². The highest BCUT2D eigenvalue weighted by Crippen LogP contribution is 2.29. The van der Waals surface area contributed by atoms with Crippen LogP contribution in [0, 0.1) is 17.2 Å². The maximum atomic E-state index is 8.76. The van der Waals surface area contributed by atoms with E-state index >= 15 is 0 Å². The summed E-state index contributed by atoms with van der Waals surface area (Å²) in [6, 6.07) is 10.5. The normalized spacial score (nSPS) is 23.3. The van der Waals surface area contributed by atoms with Crippen molar-refractivity contribution in [1.82, 2.24) is 0 Å². The van der Waals surface area contributed by atoms with Crippen molar-refractivity contribution in [3.63, 3.8) is 0 Å². The van der Waals surface area contributed by atoms with Gasteiger partial charge in [-0.05, 0) is 55.9 Å². The van der Waals surface area contributed by atoms with Crippen molar-refractivity contribution in [2.75, 3.05) is 5.32 Å². The van der Waals surface area contributed by atoms with Crippen LogP contribution in [0.25, 0.3) is 0 Å². The number of nitrogens with one attached hydrogen (secondary N) is 1. The minimum absolute atomic E-state index is 0.617. The van der Waals surface area contributed by atoms with Gasteiger partial charge in [0.1, 0.15) is 0 Å². The fourth-order valence-electron chi connectivity index (χ4n) is 2.88. The molecule has 18 heavy (non-hydrogen) atoms. The average Bonchev–Trinajstić information content (AvgIpc) is 2.42. The molecule has 1 aliphatic rings. The first-order valence-corrected chi connectivity index (χ1v) is 7.08. The van der Waals surface area contributed by atoms with Crippen LogP contribution in [0.4, 0.5) is 5.69 Å². The fraction of sp³-hybridized carbons (Fsp3) is 0.562. The summed E-state index contributed by atoms with van der Waals surface area (Å²) >= 11 is 0. The number of anilines is 1. The Morgan fingerprint density at radius 3 is 2.39 bits per heavy atom. The van der Waals surface area contributed by atoms with E-state index in [0.29, 0.717) is 6.04 Å². The largest absolute Gasteiger partial charge is 0.382 e. The van der Waals surface area contributed by atoms with Crippen LogP contribution >= 0.6 is 0 Å². The Morgan fingerprint density at radius 2 is 1.83 bits per heavy atom. The maximum Gasteiger partial charge on any atom is 0.0991 e. The third kappa shape index (κ3) is 3.50. The van der Waals surface area contributed by atoms with E-state index in [1.807, 2.05) is 24.3 Å². The van der Waals surface area contributed by atoms with E-state index in [4.69, 9.17) is 5.26 Å². The number of rotatable bonds is 4. The quantitative estimate of drug-likeness (QED) is 0.853. The summed E-state index contributed by atoms with van der Waals surface area (Å²) in [6.07, 6.45) is 8.00. The van der Waals surface area contributed by atoms with Gasteiger partial charge in [-0.2, -0.15) is 5.26 Å². The number of hydrogen-bond acceptors (Lipinski definition) is 2. The molecule has 0 saturated heterocycles. The molecule has 0 aromatic heterocycles. The third-order valence-electron chi connectivity index (χ3n) is 3.93. The van der Waals surface area contributed by atoms with Crippen molar-refractivity contribution in [2.45, 2.75) is 51.5 Å². The molecular weight excluding hydrogens is 220 g/mol. The molecule has 0 radical (unpaired) electrons. The van der Waals surface area contributed by atoms with Gasteiger partial charge in [-0.25, -0.2) is 0 Å². The lowest BCUT2D eigenvalue weighted by Crippen LogP contribution is -2.26. The van der Waals surface area contributed by atoms with Crippen molar-refractivity contribution in [3.8, 4) is 6.07 Å². The summed E-state index contributed by atoms with van der Waals surface area (Å²) in [5.41, 5.74) is 1.88. The molecule has 2 rings (SSSR count). The number of nitrogens with zero attached hydrogens (tertiary/aromatic N) is 1. The molecule has 1 N–H and O–H groups in total. The summed E-state index contributed by atoms with van der Waals surface area (Å²) in [7, 11) is 0. The van der Waals surface area contributed by atoms with Crippen molar-refractivity contribution >= 4 is 5.69 Å². The van der Waals surface area contributed by atoms with Gasteiger partial charge in [-0.15, -0.1) is 0 Å². The Bertz CT molecular complexity index is 394. The summed E-state index contributed by atoms with van der Waals surface area (Å²) in [5.74, 6) is 0.953. The molecule has 2 nitrogen and oxygen atoms in total. The van der Waals surface area contributed by atoms with Crippen LogP contribution in [0.1, 0.15) is 51.0 Å². The molecule has 1 saturated carbocycles. The number of hydrogen-bond donors (Lipinski definition) is 1. The van der Waals surface area contributed by atoms with E-state index < -0.39 is 0 Å². The van der Waals surface area contributed by atoms with Crippen molar-refractivity contribution in [3.05, 3.63) is 29.8 Å². The van der Waals surface area contributed by atoms with Crippen molar-refractivity contribution in [2.24, 2.45) is 5.92 Å². The molecule has 96 valence electrons. The maximum absolute atomic E-state index is 8.76. The zero-order valence-corrected chi connectivity index (χ0v) is 11.2. The van der Waals surface area contributed by atoms with Crippen LogP contribution in [-0.2, 0) is 0 Å². The zero-order valence-electron chi connectivity index (χ0n) is 11.2. The summed E-state index contributed by atoms with van der Waals surface area (Å²) in [6.45, 7) is 2.28. The van der Waals surface area contributed by atoms with Gasteiger partial charge in [0.15, 0.2) is 0 Å². The smallest absolute Gasteiger partial charge is 0.0991 e. The Balaban J connectivity index is 1.82. The predicted octanol–water partition coefficient (Wildman–Crippen LogP) is 4.33. The van der Waals surface area contributed by atoms with Gasteiger partial charge in [0, 0.05) is 11.7 Å². The van der Waals surface area contributed by atoms with Crippen LogP contribution in [0.2, 0.25) is 0 Å². The first-order valence-electron chi connectivity index (χ1n) is 7.08. The molecule has 0 spiro atoms. The first-order chi connectivity index (χ1) is 8.81. The Hall–Kier alpha value is -1.49. The summed E-state index contributed by atoms with van der Waals surface area (Å²) in [5, 5.41) is 12.3. The molecule has 1 aromatic carbocycles. The van der Waals surface area contributed by atoms with Crippen molar-refractivity contribution in [1.29, 1.82) is 5.26 Å². The molecule has 0 heterocycles. The Kier molecular flexibility index (Phi) is 4.64. The SMILES string of the molecule is CCCC1CCC(Nc2ccc(C#N)cc2)CC1. The van der Waals surface area contributed by atoms with Gasteiger partial charge in [0.05, 0.1) is 11.6 Å². The van der Waals surface area contributed by atoms with E-state index in [9.17, 15) is 0 Å². The zero-order chi connectivity index (χ0) is 12.8. The van der Waals surface area contributed by atoms with E-state index in [-0.39, 0.29) is 0 Å². The van der Waals surface area contributed by atoms with Crippen LogP contribution in [0.5, 0.6) is 0 Å². The summed E-state index contributed by atoms with van der Waals surface area (Å²) in [4.78, 5) is 0. The number of nitriles is 1. The minimum Gasteiger partial charge on any atom is -0.382 e. The molecule has 1 aromatic rings. The van der Waals surface area contributed by atoms with E-state index in [0.717, 1.165) is 17.2 Å². The van der Waals surface area contributed by atoms with E-state index in [2.05, 4.69) is 18.3 Å². The second-order valence-electron chi connectivity index (χ2n) is 5.34. The first kappa shape index (κ1) is 13.0. The lowest BCUT2D eigenvalue weighted by molar-refractivity contribution is 0.319. The van der Waals surface area contributed by atoms with Crippen LogP contribution in [-0.4, -0.2) is 6.04 Å². The molecule has 1 aliphatic carbocycles. The van der Waals surface area contributed by atoms with Gasteiger partial charge in [-0.1, -0.05) is 19.8 Å². The topological polar surface area (TPSA) is 35.8 Å². The van der Waals surface area contributed by atoms with E-state index in [1.54, 1.807) is 0 Å². The highest BCUT2D eigenvalue weighted by atomic mass is 14.9. The summed E-state index contributed by atoms with van der Waals surface area (Å²) < 4.78 is 0. The predicted molar refractivity (Wildman–Crippen MR) is 75.4 cm³/mol. The Labute approximate surface area is 110 Å². The standard InChI is InChI=1S/C16H22N2/c1-2-3-13-4-8-15(9-5-13)18-16-10-6-14(12-17)7-11-16/h6-7,10-11,13,15,18H,2-5,8-9H2,1H3.